The molecule has 118 valence electrons. The quantitative estimate of drug-likeness (QED) is 0.795. The fourth-order valence-electron chi connectivity index (χ4n) is 2.32. The summed E-state index contributed by atoms with van der Waals surface area (Å²) in [5, 5.41) is 6.50. The largest absolute Gasteiger partial charge is 0.315 e. The highest BCUT2D eigenvalue weighted by Crippen LogP contribution is 2.16. The fraction of sp³-hybridized carbons (Fsp3) is 0.200. The van der Waals surface area contributed by atoms with Crippen molar-refractivity contribution in [3.8, 4) is 5.69 Å². The lowest BCUT2D eigenvalue weighted by atomic mass is 10.3. The number of carbonyl (C=O) groups excluding carboxylic acids is 1. The van der Waals surface area contributed by atoms with Crippen molar-refractivity contribution in [2.75, 3.05) is 5.32 Å². The van der Waals surface area contributed by atoms with Crippen LogP contribution in [0.5, 0.6) is 0 Å². The van der Waals surface area contributed by atoms with Gasteiger partial charge in [-0.2, -0.15) is 0 Å². The molecule has 0 spiro atoms. The van der Waals surface area contributed by atoms with Crippen molar-refractivity contribution >= 4 is 23.1 Å². The molecule has 0 radical (unpaired) electrons. The van der Waals surface area contributed by atoms with Gasteiger partial charge in [-0.3, -0.25) is 14.3 Å². The summed E-state index contributed by atoms with van der Waals surface area (Å²) in [4.78, 5) is 25.4. The van der Waals surface area contributed by atoms with E-state index in [1.165, 1.54) is 4.68 Å². The molecule has 7 nitrogen and oxygen atoms in total. The van der Waals surface area contributed by atoms with Crippen LogP contribution in [0, 0.1) is 13.8 Å². The average Bonchev–Trinajstić information content (AvgIpc) is 3.06. The number of amides is 1. The molecule has 3 aromatic rings. The Morgan fingerprint density at radius 3 is 2.52 bits per heavy atom. The van der Waals surface area contributed by atoms with Crippen molar-refractivity contribution in [2.24, 2.45) is 7.05 Å². The van der Waals surface area contributed by atoms with Gasteiger partial charge in [0.1, 0.15) is 10.6 Å². The predicted octanol–water partition coefficient (Wildman–Crippen LogP) is 1.90. The maximum Gasteiger partial charge on any atom is 0.295 e. The highest BCUT2D eigenvalue weighted by molar-refractivity contribution is 7.08. The lowest BCUT2D eigenvalue weighted by Gasteiger charge is -2.07. The van der Waals surface area contributed by atoms with Crippen molar-refractivity contribution in [1.82, 2.24) is 19.0 Å². The first-order valence-corrected chi connectivity index (χ1v) is 7.72. The minimum absolute atomic E-state index is 0.258. The molecule has 1 N–H and O–H groups in total. The lowest BCUT2D eigenvalue weighted by Crippen LogP contribution is -2.22. The average molecular weight is 329 g/mol. The van der Waals surface area contributed by atoms with Crippen LogP contribution in [0.4, 0.5) is 5.69 Å². The van der Waals surface area contributed by atoms with Crippen molar-refractivity contribution in [1.29, 1.82) is 0 Å². The Labute approximate surface area is 136 Å². The Morgan fingerprint density at radius 1 is 1.22 bits per heavy atom. The Balaban J connectivity index is 2.03. The van der Waals surface area contributed by atoms with E-state index in [0.29, 0.717) is 16.3 Å². The van der Waals surface area contributed by atoms with E-state index in [1.807, 2.05) is 30.3 Å². The van der Waals surface area contributed by atoms with Crippen LogP contribution in [-0.2, 0) is 7.05 Å². The first-order chi connectivity index (χ1) is 11.0. The summed E-state index contributed by atoms with van der Waals surface area (Å²) in [5.74, 6) is -0.372. The molecule has 23 heavy (non-hydrogen) atoms. The van der Waals surface area contributed by atoms with Crippen LogP contribution in [-0.4, -0.2) is 24.9 Å². The number of nitrogens with zero attached hydrogens (tertiary/aromatic N) is 4. The normalized spacial score (nSPS) is 10.7. The second kappa shape index (κ2) is 5.81. The third-order valence-corrected chi connectivity index (χ3v) is 4.48. The monoisotopic (exact) mass is 329 g/mol. The molecule has 2 aromatic heterocycles. The number of aryl methyl sites for hydroxylation is 1. The zero-order valence-electron chi connectivity index (χ0n) is 12.9. The highest BCUT2D eigenvalue weighted by Gasteiger charge is 2.20. The second-order valence-corrected chi connectivity index (χ2v) is 5.83. The maximum absolute atomic E-state index is 12.7. The molecular weight excluding hydrogens is 314 g/mol. The first-order valence-electron chi connectivity index (χ1n) is 6.95. The number of hydrogen-bond acceptors (Lipinski definition) is 5. The number of hydrogen-bond donors (Lipinski definition) is 1. The van der Waals surface area contributed by atoms with E-state index >= 15 is 0 Å². The molecule has 0 atom stereocenters. The van der Waals surface area contributed by atoms with Crippen molar-refractivity contribution in [3.63, 3.8) is 0 Å². The van der Waals surface area contributed by atoms with E-state index in [2.05, 4.69) is 14.9 Å². The van der Waals surface area contributed by atoms with E-state index < -0.39 is 0 Å². The summed E-state index contributed by atoms with van der Waals surface area (Å²) < 4.78 is 6.97. The van der Waals surface area contributed by atoms with Crippen LogP contribution in [0.15, 0.2) is 35.1 Å². The van der Waals surface area contributed by atoms with Gasteiger partial charge >= 0.3 is 0 Å². The van der Waals surface area contributed by atoms with E-state index in [1.54, 1.807) is 25.6 Å². The minimum atomic E-state index is -0.372. The molecule has 0 fully saturated rings. The van der Waals surface area contributed by atoms with E-state index in [9.17, 15) is 9.59 Å². The molecule has 0 aliphatic heterocycles. The zero-order chi connectivity index (χ0) is 16.6. The fourth-order valence-corrected chi connectivity index (χ4v) is 2.87. The smallest absolute Gasteiger partial charge is 0.295 e. The highest BCUT2D eigenvalue weighted by atomic mass is 32.1. The predicted molar refractivity (Wildman–Crippen MR) is 88.3 cm³/mol. The van der Waals surface area contributed by atoms with Crippen LogP contribution < -0.4 is 10.9 Å². The van der Waals surface area contributed by atoms with Crippen LogP contribution in [0.2, 0.25) is 0 Å². The summed E-state index contributed by atoms with van der Waals surface area (Å²) in [6, 6.07) is 9.27. The summed E-state index contributed by atoms with van der Waals surface area (Å²) in [6.45, 7) is 3.49. The standard InChI is InChI=1S/C15H15N5O2S/c1-9-13(23-18-17-9)14(21)16-12-10(2)19(3)20(15(12)22)11-7-5-4-6-8-11/h4-8H,1-3H3,(H,16,21). The number of anilines is 1. The number of rotatable bonds is 3. The Hall–Kier alpha value is -2.74. The number of benzene rings is 1. The van der Waals surface area contributed by atoms with Gasteiger partial charge in [-0.15, -0.1) is 5.10 Å². The Kier molecular flexibility index (Phi) is 3.83. The van der Waals surface area contributed by atoms with Crippen LogP contribution >= 0.6 is 11.5 Å². The molecule has 1 aromatic carbocycles. The van der Waals surface area contributed by atoms with Gasteiger partial charge in [-0.1, -0.05) is 22.7 Å². The summed E-state index contributed by atoms with van der Waals surface area (Å²) in [6.07, 6.45) is 0. The van der Waals surface area contributed by atoms with Crippen LogP contribution in [0.3, 0.4) is 0 Å². The van der Waals surface area contributed by atoms with Gasteiger partial charge in [-0.25, -0.2) is 4.68 Å². The van der Waals surface area contributed by atoms with Crippen LogP contribution in [0.1, 0.15) is 21.1 Å². The van der Waals surface area contributed by atoms with Crippen molar-refractivity contribution in [2.45, 2.75) is 13.8 Å². The molecule has 0 unspecified atom stereocenters. The molecule has 0 saturated carbocycles. The molecule has 0 aliphatic carbocycles. The molecule has 2 heterocycles. The summed E-state index contributed by atoms with van der Waals surface area (Å²) in [5.41, 5.74) is 1.93. The molecule has 3 rings (SSSR count). The molecule has 0 saturated heterocycles. The van der Waals surface area contributed by atoms with Crippen molar-refractivity contribution in [3.05, 3.63) is 57.0 Å². The Bertz CT molecular complexity index is 923. The SMILES string of the molecule is Cc1nnsc1C(=O)Nc1c(C)n(C)n(-c2ccccc2)c1=O. The van der Waals surface area contributed by atoms with E-state index in [0.717, 1.165) is 17.2 Å². The van der Waals surface area contributed by atoms with E-state index in [-0.39, 0.29) is 17.2 Å². The summed E-state index contributed by atoms with van der Waals surface area (Å²) in [7, 11) is 1.78. The van der Waals surface area contributed by atoms with Gasteiger partial charge in [0.2, 0.25) is 0 Å². The maximum atomic E-state index is 12.7. The number of aromatic nitrogens is 4. The Morgan fingerprint density at radius 2 is 1.91 bits per heavy atom. The van der Waals surface area contributed by atoms with Gasteiger partial charge < -0.3 is 5.32 Å². The molecule has 8 heteroatoms. The molecule has 1 amide bonds. The zero-order valence-corrected chi connectivity index (χ0v) is 13.7. The number of carbonyl (C=O) groups is 1. The van der Waals surface area contributed by atoms with Gasteiger partial charge in [0.05, 0.1) is 17.1 Å². The number of nitrogens with one attached hydrogen (secondary N) is 1. The van der Waals surface area contributed by atoms with E-state index in [4.69, 9.17) is 0 Å². The molecule has 0 aliphatic rings. The first kappa shape index (κ1) is 15.2. The van der Waals surface area contributed by atoms with Crippen molar-refractivity contribution < 1.29 is 4.79 Å². The van der Waals surface area contributed by atoms with Gasteiger partial charge in [0.15, 0.2) is 0 Å². The molecule has 0 bridgehead atoms. The third kappa shape index (κ3) is 2.57. The van der Waals surface area contributed by atoms with Gasteiger partial charge in [0.25, 0.3) is 11.5 Å². The number of para-hydroxylation sites is 1. The van der Waals surface area contributed by atoms with Crippen LogP contribution in [0.25, 0.3) is 5.69 Å². The third-order valence-electron chi connectivity index (χ3n) is 3.65. The van der Waals surface area contributed by atoms with Gasteiger partial charge in [-0.05, 0) is 37.5 Å². The lowest BCUT2D eigenvalue weighted by molar-refractivity contribution is 0.102. The second-order valence-electron chi connectivity index (χ2n) is 5.08. The topological polar surface area (TPSA) is 81.8 Å². The van der Waals surface area contributed by atoms with Gasteiger partial charge in [0, 0.05) is 7.05 Å². The minimum Gasteiger partial charge on any atom is -0.315 e. The summed E-state index contributed by atoms with van der Waals surface area (Å²) >= 11 is 1.01. The molecular formula is C15H15N5O2S.